The fraction of sp³-hybridized carbons (Fsp3) is 0.143. The van der Waals surface area contributed by atoms with Gasteiger partial charge in [0.1, 0.15) is 0 Å². The van der Waals surface area contributed by atoms with Gasteiger partial charge in [-0.05, 0) is 47.4 Å². The summed E-state index contributed by atoms with van der Waals surface area (Å²) < 4.78 is 7.93. The van der Waals surface area contributed by atoms with Crippen LogP contribution in [-0.2, 0) is 0 Å². The first-order valence-corrected chi connectivity index (χ1v) is 8.10. The maximum atomic E-state index is 6.00. The molecule has 3 nitrogen and oxygen atoms in total. The van der Waals surface area contributed by atoms with Crippen molar-refractivity contribution >= 4 is 11.4 Å². The molecule has 118 valence electrons. The second-order valence-electron chi connectivity index (χ2n) is 6.09. The molecule has 0 N–H and O–H groups in total. The lowest BCUT2D eigenvalue weighted by Gasteiger charge is -2.15. The lowest BCUT2D eigenvalue weighted by atomic mass is 10.0. The molecule has 1 aliphatic rings. The Morgan fingerprint density at radius 3 is 2.50 bits per heavy atom. The Morgan fingerprint density at radius 1 is 0.917 bits per heavy atom. The average Bonchev–Trinajstić information content (AvgIpc) is 2.62. The summed E-state index contributed by atoms with van der Waals surface area (Å²) in [6, 6.07) is 22.9. The molecule has 0 unspecified atom stereocenters. The Morgan fingerprint density at radius 2 is 1.67 bits per heavy atom. The van der Waals surface area contributed by atoms with Gasteiger partial charge in [-0.25, -0.2) is 0 Å². The van der Waals surface area contributed by atoms with Crippen LogP contribution in [0.15, 0.2) is 71.8 Å². The van der Waals surface area contributed by atoms with Crippen LogP contribution in [-0.4, -0.2) is 11.4 Å². The molecule has 3 heteroatoms. The van der Waals surface area contributed by atoms with Gasteiger partial charge in [0, 0.05) is 11.2 Å². The summed E-state index contributed by atoms with van der Waals surface area (Å²) in [5.74, 6) is 0.883. The van der Waals surface area contributed by atoms with Gasteiger partial charge >= 0.3 is 6.73 Å². The Bertz CT molecular complexity index is 930. The first-order chi connectivity index (χ1) is 11.7. The third kappa shape index (κ3) is 2.58. The van der Waals surface area contributed by atoms with Crippen molar-refractivity contribution in [3.05, 3.63) is 77.9 Å². The molecule has 0 radical (unpaired) electrons. The molecule has 0 saturated heterocycles. The molecule has 0 aliphatic carbocycles. The van der Waals surface area contributed by atoms with Gasteiger partial charge in [0.05, 0.1) is 5.56 Å². The predicted octanol–water partition coefficient (Wildman–Crippen LogP) is 5.75. The zero-order valence-electron chi connectivity index (χ0n) is 13.9. The van der Waals surface area contributed by atoms with Gasteiger partial charge in [-0.1, -0.05) is 48.5 Å². The van der Waals surface area contributed by atoms with Gasteiger partial charge < -0.3 is 4.74 Å². The normalized spacial score (nSPS) is 13.0. The van der Waals surface area contributed by atoms with Crippen molar-refractivity contribution in [2.24, 2.45) is 5.11 Å². The molecule has 0 atom stereocenters. The van der Waals surface area contributed by atoms with E-state index in [1.54, 1.807) is 0 Å². The molecule has 0 amide bonds. The van der Waals surface area contributed by atoms with Crippen molar-refractivity contribution in [3.63, 3.8) is 0 Å². The van der Waals surface area contributed by atoms with Crippen molar-refractivity contribution in [3.8, 4) is 16.9 Å². The largest absolute Gasteiger partial charge is 0.431 e. The summed E-state index contributed by atoms with van der Waals surface area (Å²) in [7, 11) is 0. The summed E-state index contributed by atoms with van der Waals surface area (Å²) in [4.78, 5) is 0. The highest BCUT2D eigenvalue weighted by atomic mass is 16.5. The first-order valence-electron chi connectivity index (χ1n) is 8.10. The fourth-order valence-corrected chi connectivity index (χ4v) is 3.16. The van der Waals surface area contributed by atoms with Crippen molar-refractivity contribution < 1.29 is 9.43 Å². The summed E-state index contributed by atoms with van der Waals surface area (Å²) in [6.45, 7) is 4.56. The van der Waals surface area contributed by atoms with E-state index in [0.717, 1.165) is 28.3 Å². The van der Waals surface area contributed by atoms with Crippen LogP contribution < -0.4 is 4.74 Å². The third-order valence-electron chi connectivity index (χ3n) is 4.23. The summed E-state index contributed by atoms with van der Waals surface area (Å²) in [6.07, 6.45) is 0. The molecule has 24 heavy (non-hydrogen) atoms. The van der Waals surface area contributed by atoms with Crippen molar-refractivity contribution in [2.75, 3.05) is 6.73 Å². The maximum absolute atomic E-state index is 6.00. The molecule has 0 bridgehead atoms. The maximum Gasteiger partial charge on any atom is 0.317 e. The van der Waals surface area contributed by atoms with Gasteiger partial charge in [0.15, 0.2) is 11.4 Å². The van der Waals surface area contributed by atoms with E-state index in [-0.39, 0.29) is 0 Å². The summed E-state index contributed by atoms with van der Waals surface area (Å²) in [5.41, 5.74) is 6.59. The highest BCUT2D eigenvalue weighted by Gasteiger charge is 2.25. The number of rotatable bonds is 2. The van der Waals surface area contributed by atoms with E-state index in [4.69, 9.17) is 9.85 Å². The number of para-hydroxylation sites is 1. The molecule has 0 saturated carbocycles. The Balaban J connectivity index is 1.85. The van der Waals surface area contributed by atoms with E-state index in [0.29, 0.717) is 6.73 Å². The van der Waals surface area contributed by atoms with E-state index in [1.165, 1.54) is 11.1 Å². The van der Waals surface area contributed by atoms with Crippen molar-refractivity contribution in [2.45, 2.75) is 13.8 Å². The monoisotopic (exact) mass is 315 g/mol. The highest BCUT2D eigenvalue weighted by molar-refractivity contribution is 5.73. The van der Waals surface area contributed by atoms with Crippen LogP contribution >= 0.6 is 0 Å². The van der Waals surface area contributed by atoms with E-state index >= 15 is 0 Å². The zero-order valence-corrected chi connectivity index (χ0v) is 13.9. The van der Waals surface area contributed by atoms with Crippen LogP contribution in [0.4, 0.5) is 11.4 Å². The van der Waals surface area contributed by atoms with Gasteiger partial charge in [-0.2, -0.15) is 0 Å². The number of benzene rings is 3. The van der Waals surface area contributed by atoms with Crippen LogP contribution in [0.3, 0.4) is 0 Å². The number of hydrogen-bond donors (Lipinski definition) is 0. The summed E-state index contributed by atoms with van der Waals surface area (Å²) in [5, 5.41) is 4.83. The average molecular weight is 315 g/mol. The molecule has 3 aromatic carbocycles. The molecule has 0 fully saturated rings. The van der Waals surface area contributed by atoms with Gasteiger partial charge in [-0.15, -0.1) is 0 Å². The van der Waals surface area contributed by atoms with Gasteiger partial charge in [0.2, 0.25) is 5.69 Å². The number of ether oxygens (including phenoxy) is 1. The molecule has 4 rings (SSSR count). The number of hydrogen-bond acceptors (Lipinski definition) is 2. The first kappa shape index (κ1) is 14.6. The molecule has 0 aromatic heterocycles. The van der Waals surface area contributed by atoms with Gasteiger partial charge in [-0.3, -0.25) is 0 Å². The molecular weight excluding hydrogens is 296 g/mol. The van der Waals surface area contributed by atoms with E-state index < -0.39 is 0 Å². The van der Waals surface area contributed by atoms with E-state index in [1.807, 2.05) is 16.8 Å². The zero-order chi connectivity index (χ0) is 16.5. The topological polar surface area (TPSA) is 24.6 Å². The van der Waals surface area contributed by atoms with Gasteiger partial charge in [0.25, 0.3) is 0 Å². The smallest absolute Gasteiger partial charge is 0.317 e. The minimum absolute atomic E-state index is 0.417. The molecule has 3 aromatic rings. The second kappa shape index (κ2) is 5.93. The van der Waals surface area contributed by atoms with Crippen LogP contribution in [0.2, 0.25) is 0 Å². The molecule has 1 heterocycles. The highest BCUT2D eigenvalue weighted by Crippen LogP contribution is 2.38. The number of azo groups is 2. The molecular formula is C21H19N2O+. The number of aryl methyl sites for hydroxylation is 2. The molecule has 1 aliphatic heterocycles. The van der Waals surface area contributed by atoms with Crippen LogP contribution in [0.25, 0.3) is 11.1 Å². The minimum Gasteiger partial charge on any atom is -0.431 e. The Hall–Kier alpha value is -2.94. The number of fused-ring (bicyclic) bond motifs is 1. The SMILES string of the molecule is Cc1cc(C)c2c(c1)N=[N+](c1ccccc1-c1ccccc1)CO2. The second-order valence-corrected chi connectivity index (χ2v) is 6.09. The van der Waals surface area contributed by atoms with Crippen molar-refractivity contribution in [1.29, 1.82) is 0 Å². The van der Waals surface area contributed by atoms with Crippen molar-refractivity contribution in [1.82, 2.24) is 0 Å². The number of nitrogens with zero attached hydrogens (tertiary/aromatic N) is 2. The lowest BCUT2D eigenvalue weighted by Crippen LogP contribution is -2.16. The van der Waals surface area contributed by atoms with Crippen LogP contribution in [0.5, 0.6) is 5.75 Å². The predicted molar refractivity (Wildman–Crippen MR) is 95.3 cm³/mol. The van der Waals surface area contributed by atoms with Crippen LogP contribution in [0.1, 0.15) is 11.1 Å². The fourth-order valence-electron chi connectivity index (χ4n) is 3.16. The minimum atomic E-state index is 0.417. The summed E-state index contributed by atoms with van der Waals surface area (Å²) >= 11 is 0. The van der Waals surface area contributed by atoms with Crippen LogP contribution in [0, 0.1) is 13.8 Å². The Labute approximate surface area is 141 Å². The van der Waals surface area contributed by atoms with E-state index in [2.05, 4.69) is 68.4 Å². The quantitative estimate of drug-likeness (QED) is 0.553. The Kier molecular flexibility index (Phi) is 3.62. The third-order valence-corrected chi connectivity index (χ3v) is 4.23. The standard InChI is InChI=1S/C21H19N2O/c1-15-12-16(2)21-19(13-15)22-23(14-24-21)20-11-7-6-10-18(20)17-8-4-3-5-9-17/h3-13H,14H2,1-2H3/q+1. The molecule has 0 spiro atoms. The van der Waals surface area contributed by atoms with E-state index in [9.17, 15) is 0 Å². The lowest BCUT2D eigenvalue weighted by molar-refractivity contribution is -0.544.